The Hall–Kier alpha value is -2.47. The second-order valence-corrected chi connectivity index (χ2v) is 8.29. The van der Waals surface area contributed by atoms with Crippen molar-refractivity contribution in [3.8, 4) is 5.75 Å². The van der Waals surface area contributed by atoms with E-state index in [1.807, 2.05) is 4.90 Å². The number of ether oxygens (including phenoxy) is 2. The Labute approximate surface area is 188 Å². The number of hydrogen-bond donors (Lipinski definition) is 4. The molecule has 4 N–H and O–H groups in total. The summed E-state index contributed by atoms with van der Waals surface area (Å²) in [6.07, 6.45) is -7.58. The van der Waals surface area contributed by atoms with Gasteiger partial charge in [-0.15, -0.1) is 0 Å². The number of hydrogen-bond acceptors (Lipinski definition) is 9. The summed E-state index contributed by atoms with van der Waals surface area (Å²) in [5.74, 6) is 0.176. The van der Waals surface area contributed by atoms with Gasteiger partial charge in [0.2, 0.25) is 6.29 Å². The molecular weight excluding hydrogens is 444 g/mol. The highest BCUT2D eigenvalue weighted by Gasteiger charge is 2.46. The molecule has 0 radical (unpaired) electrons. The van der Waals surface area contributed by atoms with Crippen molar-refractivity contribution >= 4 is 28.7 Å². The summed E-state index contributed by atoms with van der Waals surface area (Å²) in [5, 5.41) is 51.3. The van der Waals surface area contributed by atoms with Crippen molar-refractivity contribution < 1.29 is 34.8 Å². The van der Waals surface area contributed by atoms with E-state index in [0.717, 1.165) is 16.9 Å². The molecule has 172 valence electrons. The lowest BCUT2D eigenvalue weighted by Crippen LogP contribution is -2.61. The molecule has 0 unspecified atom stereocenters. The Bertz CT molecular complexity index is 1020. The van der Waals surface area contributed by atoms with Crippen molar-refractivity contribution in [3.05, 3.63) is 57.1 Å². The summed E-state index contributed by atoms with van der Waals surface area (Å²) in [4.78, 5) is 12.6. The summed E-state index contributed by atoms with van der Waals surface area (Å²) in [7, 11) is 0. The Kier molecular flexibility index (Phi) is 6.26. The normalized spacial score (nSPS) is 28.3. The third kappa shape index (κ3) is 4.13. The smallest absolute Gasteiger partial charge is 0.269 e. The topological polar surface area (TPSA) is 146 Å². The number of halogens is 1. The first-order valence-corrected chi connectivity index (χ1v) is 10.4. The minimum atomic E-state index is -1.57. The third-order valence-corrected chi connectivity index (χ3v) is 6.02. The summed E-state index contributed by atoms with van der Waals surface area (Å²) in [6, 6.07) is 9.69. The van der Waals surface area contributed by atoms with Crippen LogP contribution >= 0.6 is 11.6 Å². The van der Waals surface area contributed by atoms with E-state index in [4.69, 9.17) is 21.1 Å². The van der Waals surface area contributed by atoms with Crippen molar-refractivity contribution in [1.82, 2.24) is 0 Å². The Morgan fingerprint density at radius 1 is 1.19 bits per heavy atom. The number of aliphatic hydroxyl groups excluding tert-OH is 4. The highest BCUT2D eigenvalue weighted by Crippen LogP contribution is 2.39. The Balaban J connectivity index is 1.53. The number of non-ortho nitro benzene ring substituents is 1. The Morgan fingerprint density at radius 2 is 1.94 bits per heavy atom. The maximum absolute atomic E-state index is 11.0. The number of anilines is 2. The van der Waals surface area contributed by atoms with E-state index < -0.39 is 41.7 Å². The van der Waals surface area contributed by atoms with Crippen molar-refractivity contribution in [1.29, 1.82) is 0 Å². The molecule has 0 aliphatic carbocycles. The first-order valence-electron chi connectivity index (χ1n) is 10.1. The summed E-state index contributed by atoms with van der Waals surface area (Å²) in [5.41, 5.74) is 2.51. The van der Waals surface area contributed by atoms with Gasteiger partial charge >= 0.3 is 0 Å². The van der Waals surface area contributed by atoms with Crippen molar-refractivity contribution in [2.24, 2.45) is 0 Å². The number of benzene rings is 2. The van der Waals surface area contributed by atoms with Crippen LogP contribution in [0.15, 0.2) is 36.4 Å². The van der Waals surface area contributed by atoms with E-state index in [2.05, 4.69) is 0 Å². The van der Waals surface area contributed by atoms with Crippen LogP contribution in [0.5, 0.6) is 5.75 Å². The molecule has 2 aromatic carbocycles. The molecule has 0 bridgehead atoms. The fraction of sp³-hybridized carbons (Fsp3) is 0.429. The zero-order chi connectivity index (χ0) is 23.2. The van der Waals surface area contributed by atoms with Gasteiger partial charge in [0.05, 0.1) is 16.0 Å². The first kappa shape index (κ1) is 22.7. The van der Waals surface area contributed by atoms with Crippen molar-refractivity contribution in [3.63, 3.8) is 0 Å². The maximum atomic E-state index is 11.0. The molecule has 2 aliphatic rings. The molecule has 0 amide bonds. The molecule has 10 nitrogen and oxygen atoms in total. The lowest BCUT2D eigenvalue weighted by molar-refractivity contribution is -0.384. The van der Waals surface area contributed by atoms with Crippen LogP contribution in [0, 0.1) is 10.1 Å². The van der Waals surface area contributed by atoms with E-state index in [9.17, 15) is 30.5 Å². The lowest BCUT2D eigenvalue weighted by atomic mass is 9.96. The molecule has 6 atom stereocenters. The molecule has 1 fully saturated rings. The fourth-order valence-electron chi connectivity index (χ4n) is 4.02. The molecule has 0 aromatic heterocycles. The van der Waals surface area contributed by atoms with Crippen LogP contribution in [0.3, 0.4) is 0 Å². The third-order valence-electron chi connectivity index (χ3n) is 5.72. The van der Waals surface area contributed by atoms with Gasteiger partial charge in [0.1, 0.15) is 30.2 Å². The molecule has 0 spiro atoms. The van der Waals surface area contributed by atoms with E-state index >= 15 is 0 Å². The highest BCUT2D eigenvalue weighted by atomic mass is 35.5. The van der Waals surface area contributed by atoms with Gasteiger partial charge < -0.3 is 34.8 Å². The molecule has 2 aromatic rings. The molecule has 32 heavy (non-hydrogen) atoms. The van der Waals surface area contributed by atoms with Crippen molar-refractivity contribution in [2.75, 3.05) is 11.4 Å². The average Bonchev–Trinajstić information content (AvgIpc) is 3.18. The zero-order valence-corrected chi connectivity index (χ0v) is 17.8. The van der Waals surface area contributed by atoms with Gasteiger partial charge in [-0.1, -0.05) is 11.6 Å². The second kappa shape index (κ2) is 8.81. The number of nitrogens with zero attached hydrogens (tertiary/aromatic N) is 2. The zero-order valence-electron chi connectivity index (χ0n) is 17.0. The first-order chi connectivity index (χ1) is 15.2. The molecule has 11 heteroatoms. The standard InChI is InChI=1S/C21H23ClN2O8/c1-10(25)20-18(27)17(26)19(28)21(32-20)31-16-5-3-12(9-14(16)22)23-7-6-11-8-13(24(29)30)2-4-15(11)23/h2-5,8-10,17-21,25-28H,6-7H2,1H3/t10-,17-,18-,19-,20+,21-/m0/s1. The number of rotatable bonds is 5. The Morgan fingerprint density at radius 3 is 2.59 bits per heavy atom. The summed E-state index contributed by atoms with van der Waals surface area (Å²) in [6.45, 7) is 2.01. The number of nitro groups is 1. The molecule has 0 saturated carbocycles. The SMILES string of the molecule is C[C@H](O)[C@H]1O[C@H](Oc2ccc(N3CCc4cc([N+](=O)[O-])ccc43)cc2Cl)[C@@H](O)[C@@H](O)[C@@H]1O. The van der Waals surface area contributed by atoms with Crippen LogP contribution in [0.1, 0.15) is 12.5 Å². The van der Waals surface area contributed by atoms with Crippen LogP contribution in [0.25, 0.3) is 0 Å². The number of aliphatic hydroxyl groups is 4. The van der Waals surface area contributed by atoms with Crippen LogP contribution < -0.4 is 9.64 Å². The number of nitro benzene ring substituents is 1. The van der Waals surface area contributed by atoms with E-state index in [1.54, 1.807) is 30.3 Å². The molecule has 4 rings (SSSR count). The van der Waals surface area contributed by atoms with E-state index in [-0.39, 0.29) is 16.5 Å². The van der Waals surface area contributed by atoms with Gasteiger partial charge in [-0.25, -0.2) is 0 Å². The van der Waals surface area contributed by atoms with Crippen LogP contribution in [-0.4, -0.2) is 68.7 Å². The van der Waals surface area contributed by atoms with Gasteiger partial charge in [-0.3, -0.25) is 10.1 Å². The minimum absolute atomic E-state index is 0.0428. The van der Waals surface area contributed by atoms with Gasteiger partial charge in [-0.05, 0) is 43.2 Å². The molecular formula is C21H23ClN2O8. The summed E-state index contributed by atoms with van der Waals surface area (Å²) < 4.78 is 11.1. The lowest BCUT2D eigenvalue weighted by Gasteiger charge is -2.41. The predicted molar refractivity (Wildman–Crippen MR) is 114 cm³/mol. The average molecular weight is 467 g/mol. The molecule has 1 saturated heterocycles. The quantitative estimate of drug-likeness (QED) is 0.380. The monoisotopic (exact) mass is 466 g/mol. The van der Waals surface area contributed by atoms with Gasteiger partial charge in [0, 0.05) is 30.1 Å². The molecule has 2 aliphatic heterocycles. The fourth-order valence-corrected chi connectivity index (χ4v) is 4.24. The molecule has 2 heterocycles. The van der Waals surface area contributed by atoms with E-state index in [0.29, 0.717) is 13.0 Å². The number of fused-ring (bicyclic) bond motifs is 1. The minimum Gasteiger partial charge on any atom is -0.460 e. The van der Waals surface area contributed by atoms with Crippen LogP contribution in [-0.2, 0) is 11.2 Å². The summed E-state index contributed by atoms with van der Waals surface area (Å²) >= 11 is 6.39. The van der Waals surface area contributed by atoms with Gasteiger partial charge in [0.15, 0.2) is 0 Å². The van der Waals surface area contributed by atoms with Crippen molar-refractivity contribution in [2.45, 2.75) is 50.2 Å². The van der Waals surface area contributed by atoms with E-state index in [1.165, 1.54) is 13.0 Å². The predicted octanol–water partition coefficient (Wildman–Crippen LogP) is 1.51. The van der Waals surface area contributed by atoms with Crippen LogP contribution in [0.4, 0.5) is 17.1 Å². The second-order valence-electron chi connectivity index (χ2n) is 7.89. The van der Waals surface area contributed by atoms with Gasteiger partial charge in [-0.2, -0.15) is 0 Å². The van der Waals surface area contributed by atoms with Crippen LogP contribution in [0.2, 0.25) is 5.02 Å². The maximum Gasteiger partial charge on any atom is 0.269 e. The van der Waals surface area contributed by atoms with Gasteiger partial charge in [0.25, 0.3) is 5.69 Å². The highest BCUT2D eigenvalue weighted by molar-refractivity contribution is 6.32. The largest absolute Gasteiger partial charge is 0.460 e.